The predicted octanol–water partition coefficient (Wildman–Crippen LogP) is 4.75. The zero-order valence-electron chi connectivity index (χ0n) is 18.4. The fraction of sp³-hybridized carbons (Fsp3) is 0.522. The van der Waals surface area contributed by atoms with Crippen LogP contribution in [0.3, 0.4) is 0 Å². The largest absolute Gasteiger partial charge is 0.466 e. The van der Waals surface area contributed by atoms with Gasteiger partial charge in [0.15, 0.2) is 5.17 Å². The third kappa shape index (κ3) is 5.06. The van der Waals surface area contributed by atoms with Crippen molar-refractivity contribution in [2.24, 2.45) is 10.4 Å². The Kier molecular flexibility index (Phi) is 6.91. The van der Waals surface area contributed by atoms with Crippen molar-refractivity contribution in [1.82, 2.24) is 4.90 Å². The van der Waals surface area contributed by atoms with Crippen molar-refractivity contribution in [3.8, 4) is 0 Å². The highest BCUT2D eigenvalue weighted by molar-refractivity contribution is 8.13. The summed E-state index contributed by atoms with van der Waals surface area (Å²) in [4.78, 5) is 32.2. The van der Waals surface area contributed by atoms with Crippen molar-refractivity contribution in [2.45, 2.75) is 53.0 Å². The Hall–Kier alpha value is -2.28. The monoisotopic (exact) mass is 429 g/mol. The van der Waals surface area contributed by atoms with Gasteiger partial charge in [-0.3, -0.25) is 4.79 Å². The highest BCUT2D eigenvalue weighted by atomic mass is 32.2. The van der Waals surface area contributed by atoms with Crippen LogP contribution in [-0.4, -0.2) is 41.4 Å². The van der Waals surface area contributed by atoms with Gasteiger partial charge in [-0.1, -0.05) is 51.6 Å². The van der Waals surface area contributed by atoms with Crippen LogP contribution >= 0.6 is 11.8 Å². The number of esters is 1. The van der Waals surface area contributed by atoms with Crippen LogP contribution in [-0.2, 0) is 14.3 Å². The molecule has 2 heterocycles. The zero-order chi connectivity index (χ0) is 21.9. The van der Waals surface area contributed by atoms with Crippen LogP contribution in [0, 0.1) is 5.41 Å². The molecule has 1 unspecified atom stereocenters. The molecule has 1 N–H and O–H groups in total. The molecule has 0 saturated carbocycles. The van der Waals surface area contributed by atoms with Gasteiger partial charge in [-0.05, 0) is 36.0 Å². The standard InChI is InChI=1S/C23H31N3O3S/c1-6-17-19(21(28)29-5)20(26-11-8-12-30-22(26)25-17)15-9-7-10-16(13-15)24-18(27)14-23(2,3)4/h7,9-10,13,20H,6,8,11-12,14H2,1-5H3,(H,24,27). The number of rotatable bonds is 5. The Morgan fingerprint density at radius 2 is 2.10 bits per heavy atom. The van der Waals surface area contributed by atoms with E-state index in [0.29, 0.717) is 18.4 Å². The Balaban J connectivity index is 1.99. The summed E-state index contributed by atoms with van der Waals surface area (Å²) in [7, 11) is 1.41. The fourth-order valence-electron chi connectivity index (χ4n) is 3.83. The average Bonchev–Trinajstić information content (AvgIpc) is 2.70. The quantitative estimate of drug-likeness (QED) is 0.684. The number of nitrogens with zero attached hydrogens (tertiary/aromatic N) is 2. The van der Waals surface area contributed by atoms with Gasteiger partial charge in [0.05, 0.1) is 24.4 Å². The number of amides is 1. The van der Waals surface area contributed by atoms with E-state index in [1.807, 2.05) is 52.0 Å². The molecule has 1 aromatic rings. The predicted molar refractivity (Wildman–Crippen MR) is 122 cm³/mol. The number of methoxy groups -OCH3 is 1. The minimum Gasteiger partial charge on any atom is -0.466 e. The van der Waals surface area contributed by atoms with Gasteiger partial charge in [0.1, 0.15) is 0 Å². The number of benzene rings is 1. The minimum absolute atomic E-state index is 0.0166. The molecule has 1 atom stereocenters. The maximum absolute atomic E-state index is 12.8. The lowest BCUT2D eigenvalue weighted by Gasteiger charge is -2.40. The highest BCUT2D eigenvalue weighted by Gasteiger charge is 2.38. The van der Waals surface area contributed by atoms with Crippen molar-refractivity contribution in [3.05, 3.63) is 41.1 Å². The first-order valence-corrected chi connectivity index (χ1v) is 11.4. The summed E-state index contributed by atoms with van der Waals surface area (Å²) >= 11 is 1.73. The van der Waals surface area contributed by atoms with Crippen molar-refractivity contribution >= 4 is 34.5 Å². The second-order valence-electron chi connectivity index (χ2n) is 8.81. The van der Waals surface area contributed by atoms with Crippen LogP contribution in [0.2, 0.25) is 0 Å². The average molecular weight is 430 g/mol. The van der Waals surface area contributed by atoms with Crippen LogP contribution < -0.4 is 5.32 Å². The number of hydrogen-bond donors (Lipinski definition) is 1. The number of amidine groups is 1. The maximum Gasteiger partial charge on any atom is 0.338 e. The number of nitrogens with one attached hydrogen (secondary N) is 1. The molecule has 1 amide bonds. The molecule has 30 heavy (non-hydrogen) atoms. The molecular formula is C23H31N3O3S. The van der Waals surface area contributed by atoms with E-state index in [0.717, 1.165) is 40.8 Å². The van der Waals surface area contributed by atoms with Gasteiger partial charge < -0.3 is 15.0 Å². The van der Waals surface area contributed by atoms with E-state index < -0.39 is 0 Å². The SMILES string of the molecule is CCC1=C(C(=O)OC)C(c2cccc(NC(=O)CC(C)(C)C)c2)N2CCCSC2=N1. The molecule has 7 heteroatoms. The number of ether oxygens (including phenoxy) is 1. The van der Waals surface area contributed by atoms with E-state index in [4.69, 9.17) is 9.73 Å². The third-order valence-electron chi connectivity index (χ3n) is 5.06. The van der Waals surface area contributed by atoms with Gasteiger partial charge in [0.25, 0.3) is 0 Å². The van der Waals surface area contributed by atoms with Crippen molar-refractivity contribution in [2.75, 3.05) is 24.7 Å². The van der Waals surface area contributed by atoms with Crippen LogP contribution in [0.5, 0.6) is 0 Å². The molecular weight excluding hydrogens is 398 g/mol. The molecule has 1 saturated heterocycles. The maximum atomic E-state index is 12.8. The van der Waals surface area contributed by atoms with Crippen molar-refractivity contribution in [3.63, 3.8) is 0 Å². The molecule has 1 aromatic carbocycles. The van der Waals surface area contributed by atoms with Gasteiger partial charge in [0, 0.05) is 24.4 Å². The Morgan fingerprint density at radius 1 is 1.33 bits per heavy atom. The molecule has 162 valence electrons. The van der Waals surface area contributed by atoms with Gasteiger partial charge in [0.2, 0.25) is 5.91 Å². The molecule has 3 rings (SSSR count). The molecule has 1 fully saturated rings. The van der Waals surface area contributed by atoms with Gasteiger partial charge in [-0.25, -0.2) is 9.79 Å². The summed E-state index contributed by atoms with van der Waals surface area (Å²) in [5, 5.41) is 3.96. The first-order valence-electron chi connectivity index (χ1n) is 10.4. The topological polar surface area (TPSA) is 71.0 Å². The van der Waals surface area contributed by atoms with E-state index in [1.165, 1.54) is 7.11 Å². The van der Waals surface area contributed by atoms with Gasteiger partial charge in [-0.2, -0.15) is 0 Å². The lowest BCUT2D eigenvalue weighted by Crippen LogP contribution is -2.42. The molecule has 2 aliphatic rings. The second-order valence-corrected chi connectivity index (χ2v) is 9.87. The third-order valence-corrected chi connectivity index (χ3v) is 6.14. The number of anilines is 1. The van der Waals surface area contributed by atoms with Crippen LogP contribution in [0.1, 0.15) is 58.6 Å². The minimum atomic E-state index is -0.350. The van der Waals surface area contributed by atoms with Crippen molar-refractivity contribution in [1.29, 1.82) is 0 Å². The second kappa shape index (κ2) is 9.25. The van der Waals surface area contributed by atoms with Gasteiger partial charge >= 0.3 is 5.97 Å². The summed E-state index contributed by atoms with van der Waals surface area (Å²) in [6.45, 7) is 8.96. The summed E-state index contributed by atoms with van der Waals surface area (Å²) in [5.41, 5.74) is 2.96. The van der Waals surface area contributed by atoms with Gasteiger partial charge in [-0.15, -0.1) is 0 Å². The number of thioether (sulfide) groups is 1. The molecule has 6 nitrogen and oxygen atoms in total. The molecule has 0 spiro atoms. The Bertz CT molecular complexity index is 886. The Morgan fingerprint density at radius 3 is 2.77 bits per heavy atom. The zero-order valence-corrected chi connectivity index (χ0v) is 19.3. The van der Waals surface area contributed by atoms with E-state index in [-0.39, 0.29) is 23.3 Å². The number of carbonyl (C=O) groups is 2. The molecule has 2 aliphatic heterocycles. The lowest BCUT2D eigenvalue weighted by molar-refractivity contribution is -0.137. The number of allylic oxidation sites excluding steroid dienone is 1. The number of carbonyl (C=O) groups excluding carboxylic acids is 2. The van der Waals surface area contributed by atoms with E-state index in [9.17, 15) is 9.59 Å². The highest BCUT2D eigenvalue weighted by Crippen LogP contribution is 2.41. The van der Waals surface area contributed by atoms with Crippen LogP contribution in [0.4, 0.5) is 5.69 Å². The first-order chi connectivity index (χ1) is 14.2. The Labute approximate surface area is 183 Å². The summed E-state index contributed by atoms with van der Waals surface area (Å²) < 4.78 is 5.13. The van der Waals surface area contributed by atoms with Crippen molar-refractivity contribution < 1.29 is 14.3 Å². The molecule has 0 radical (unpaired) electrons. The summed E-state index contributed by atoms with van der Waals surface area (Å²) in [5.74, 6) is 0.657. The number of fused-ring (bicyclic) bond motifs is 1. The molecule has 0 aromatic heterocycles. The van der Waals surface area contributed by atoms with E-state index >= 15 is 0 Å². The number of aliphatic imine (C=N–C) groups is 1. The fourth-order valence-corrected chi connectivity index (χ4v) is 4.82. The molecule has 0 aliphatic carbocycles. The first kappa shape index (κ1) is 22.4. The summed E-state index contributed by atoms with van der Waals surface area (Å²) in [6.07, 6.45) is 2.12. The van der Waals surface area contributed by atoms with E-state index in [1.54, 1.807) is 11.8 Å². The summed E-state index contributed by atoms with van der Waals surface area (Å²) in [6, 6.07) is 7.50. The smallest absolute Gasteiger partial charge is 0.338 e. The van der Waals surface area contributed by atoms with Crippen LogP contribution in [0.15, 0.2) is 40.5 Å². The number of hydrogen-bond acceptors (Lipinski definition) is 6. The lowest BCUT2D eigenvalue weighted by atomic mass is 9.91. The molecule has 0 bridgehead atoms. The normalized spacial score (nSPS) is 19.2. The van der Waals surface area contributed by atoms with E-state index in [2.05, 4.69) is 10.2 Å². The van der Waals surface area contributed by atoms with Crippen LogP contribution in [0.25, 0.3) is 0 Å².